The summed E-state index contributed by atoms with van der Waals surface area (Å²) < 4.78 is 0. The number of piperidine rings is 1. The lowest BCUT2D eigenvalue weighted by molar-refractivity contribution is -0.125. The maximum absolute atomic E-state index is 12.3. The third-order valence-corrected chi connectivity index (χ3v) is 3.94. The summed E-state index contributed by atoms with van der Waals surface area (Å²) in [5.74, 6) is 0.354. The standard InChI is InChI=1S/C16H24N2O2/c1-12-6-5-9-17-15(12)16(20)18-14(11-19)10-13-7-3-2-4-8-13/h2-4,7-8,12,14-15,17,19H,5-6,9-11H2,1H3,(H,18,20). The van der Waals surface area contributed by atoms with Crippen LogP contribution in [0.4, 0.5) is 0 Å². The summed E-state index contributed by atoms with van der Waals surface area (Å²) in [4.78, 5) is 12.3. The zero-order valence-electron chi connectivity index (χ0n) is 12.0. The Hall–Kier alpha value is -1.39. The van der Waals surface area contributed by atoms with Gasteiger partial charge < -0.3 is 15.7 Å². The van der Waals surface area contributed by atoms with Crippen molar-refractivity contribution in [3.8, 4) is 0 Å². The van der Waals surface area contributed by atoms with Crippen molar-refractivity contribution < 1.29 is 9.90 Å². The Balaban J connectivity index is 1.90. The maximum Gasteiger partial charge on any atom is 0.237 e. The first-order valence-electron chi connectivity index (χ1n) is 7.39. The monoisotopic (exact) mass is 276 g/mol. The predicted octanol–water partition coefficient (Wildman–Crippen LogP) is 1.09. The van der Waals surface area contributed by atoms with Crippen molar-refractivity contribution >= 4 is 5.91 Å². The van der Waals surface area contributed by atoms with E-state index in [9.17, 15) is 9.90 Å². The Morgan fingerprint density at radius 2 is 2.20 bits per heavy atom. The van der Waals surface area contributed by atoms with Gasteiger partial charge in [-0.05, 0) is 37.3 Å². The highest BCUT2D eigenvalue weighted by Gasteiger charge is 2.28. The van der Waals surface area contributed by atoms with Crippen molar-refractivity contribution in [2.45, 2.75) is 38.3 Å². The average molecular weight is 276 g/mol. The molecule has 4 nitrogen and oxygen atoms in total. The molecule has 0 radical (unpaired) electrons. The number of benzene rings is 1. The summed E-state index contributed by atoms with van der Waals surface area (Å²) in [7, 11) is 0. The van der Waals surface area contributed by atoms with E-state index in [0.29, 0.717) is 12.3 Å². The lowest BCUT2D eigenvalue weighted by atomic mass is 9.92. The quantitative estimate of drug-likeness (QED) is 0.754. The van der Waals surface area contributed by atoms with Gasteiger partial charge in [0.2, 0.25) is 5.91 Å². The molecule has 1 aliphatic rings. The molecule has 1 heterocycles. The van der Waals surface area contributed by atoms with Gasteiger partial charge in [-0.15, -0.1) is 0 Å². The first kappa shape index (κ1) is 15.0. The average Bonchev–Trinajstić information content (AvgIpc) is 2.48. The molecule has 0 spiro atoms. The van der Waals surface area contributed by atoms with E-state index in [1.54, 1.807) is 0 Å². The van der Waals surface area contributed by atoms with Gasteiger partial charge in [0.05, 0.1) is 18.7 Å². The number of carbonyl (C=O) groups excluding carboxylic acids is 1. The van der Waals surface area contributed by atoms with Gasteiger partial charge in [-0.25, -0.2) is 0 Å². The highest BCUT2D eigenvalue weighted by Crippen LogP contribution is 2.15. The summed E-state index contributed by atoms with van der Waals surface area (Å²) >= 11 is 0. The minimum absolute atomic E-state index is 0.00665. The second-order valence-electron chi connectivity index (χ2n) is 5.63. The van der Waals surface area contributed by atoms with Gasteiger partial charge in [0.25, 0.3) is 0 Å². The van der Waals surface area contributed by atoms with Gasteiger partial charge in [0.1, 0.15) is 0 Å². The van der Waals surface area contributed by atoms with Crippen LogP contribution in [0.5, 0.6) is 0 Å². The molecule has 1 aromatic carbocycles. The van der Waals surface area contributed by atoms with Crippen LogP contribution >= 0.6 is 0 Å². The maximum atomic E-state index is 12.3. The number of carbonyl (C=O) groups is 1. The molecule has 3 atom stereocenters. The van der Waals surface area contributed by atoms with E-state index in [4.69, 9.17) is 0 Å². The van der Waals surface area contributed by atoms with Crippen LogP contribution in [-0.4, -0.2) is 36.2 Å². The van der Waals surface area contributed by atoms with E-state index in [0.717, 1.165) is 24.9 Å². The molecule has 1 fully saturated rings. The van der Waals surface area contributed by atoms with E-state index in [2.05, 4.69) is 17.6 Å². The molecule has 1 saturated heterocycles. The molecule has 0 aliphatic carbocycles. The van der Waals surface area contributed by atoms with Crippen molar-refractivity contribution in [3.63, 3.8) is 0 Å². The molecule has 1 aliphatic heterocycles. The van der Waals surface area contributed by atoms with Gasteiger partial charge >= 0.3 is 0 Å². The highest BCUT2D eigenvalue weighted by atomic mass is 16.3. The van der Waals surface area contributed by atoms with E-state index in [1.165, 1.54) is 0 Å². The molecule has 1 aromatic rings. The Kier molecular flexibility index (Phi) is 5.56. The Bertz CT molecular complexity index is 422. The first-order chi connectivity index (χ1) is 9.70. The summed E-state index contributed by atoms with van der Waals surface area (Å²) in [5.41, 5.74) is 1.12. The molecule has 3 unspecified atom stereocenters. The summed E-state index contributed by atoms with van der Waals surface area (Å²) in [6.45, 7) is 2.95. The van der Waals surface area contributed by atoms with Crippen molar-refractivity contribution in [3.05, 3.63) is 35.9 Å². The predicted molar refractivity (Wildman–Crippen MR) is 79.4 cm³/mol. The molecular weight excluding hydrogens is 252 g/mol. The highest BCUT2D eigenvalue weighted by molar-refractivity contribution is 5.82. The molecule has 1 amide bonds. The van der Waals surface area contributed by atoms with Gasteiger partial charge in [0, 0.05) is 0 Å². The zero-order valence-corrected chi connectivity index (χ0v) is 12.0. The third-order valence-electron chi connectivity index (χ3n) is 3.94. The normalized spacial score (nSPS) is 24.1. The fourth-order valence-electron chi connectivity index (χ4n) is 2.75. The van der Waals surface area contributed by atoms with Crippen LogP contribution in [0.25, 0.3) is 0 Å². The van der Waals surface area contributed by atoms with Crippen LogP contribution in [0.15, 0.2) is 30.3 Å². The topological polar surface area (TPSA) is 61.4 Å². The molecule has 20 heavy (non-hydrogen) atoms. The minimum Gasteiger partial charge on any atom is -0.394 e. The largest absolute Gasteiger partial charge is 0.394 e. The number of amides is 1. The second kappa shape index (κ2) is 7.41. The van der Waals surface area contributed by atoms with Gasteiger partial charge in [-0.1, -0.05) is 37.3 Å². The Labute approximate surface area is 120 Å². The van der Waals surface area contributed by atoms with E-state index < -0.39 is 0 Å². The number of rotatable bonds is 5. The Morgan fingerprint density at radius 1 is 1.45 bits per heavy atom. The van der Waals surface area contributed by atoms with Gasteiger partial charge in [0.15, 0.2) is 0 Å². The van der Waals surface area contributed by atoms with Crippen LogP contribution in [0.2, 0.25) is 0 Å². The fourth-order valence-corrected chi connectivity index (χ4v) is 2.75. The minimum atomic E-state index is -0.221. The number of hydrogen-bond acceptors (Lipinski definition) is 3. The van der Waals surface area contributed by atoms with Crippen LogP contribution in [0.1, 0.15) is 25.3 Å². The summed E-state index contributed by atoms with van der Waals surface area (Å²) in [6.07, 6.45) is 2.86. The summed E-state index contributed by atoms with van der Waals surface area (Å²) in [6, 6.07) is 9.57. The lowest BCUT2D eigenvalue weighted by Gasteiger charge is -2.30. The molecule has 110 valence electrons. The number of aliphatic hydroxyl groups excluding tert-OH is 1. The molecule has 2 rings (SSSR count). The van der Waals surface area contributed by atoms with Crippen molar-refractivity contribution in [2.24, 2.45) is 5.92 Å². The van der Waals surface area contributed by atoms with Crippen molar-refractivity contribution in [1.82, 2.24) is 10.6 Å². The SMILES string of the molecule is CC1CCCNC1C(=O)NC(CO)Cc1ccccc1. The lowest BCUT2D eigenvalue weighted by Crippen LogP contribution is -2.54. The zero-order chi connectivity index (χ0) is 14.4. The smallest absolute Gasteiger partial charge is 0.237 e. The van der Waals surface area contributed by atoms with Crippen LogP contribution < -0.4 is 10.6 Å². The van der Waals surface area contributed by atoms with E-state index >= 15 is 0 Å². The molecule has 4 heteroatoms. The van der Waals surface area contributed by atoms with Gasteiger partial charge in [-0.3, -0.25) is 4.79 Å². The van der Waals surface area contributed by atoms with E-state index in [1.807, 2.05) is 30.3 Å². The number of nitrogens with one attached hydrogen (secondary N) is 2. The van der Waals surface area contributed by atoms with Crippen LogP contribution in [0.3, 0.4) is 0 Å². The Morgan fingerprint density at radius 3 is 2.85 bits per heavy atom. The first-order valence-corrected chi connectivity index (χ1v) is 7.39. The fraction of sp³-hybridized carbons (Fsp3) is 0.562. The molecular formula is C16H24N2O2. The van der Waals surface area contributed by atoms with Crippen molar-refractivity contribution in [2.75, 3.05) is 13.2 Å². The van der Waals surface area contributed by atoms with Crippen LogP contribution in [0, 0.1) is 5.92 Å². The summed E-state index contributed by atoms with van der Waals surface area (Å²) in [5, 5.41) is 15.7. The second-order valence-corrected chi connectivity index (χ2v) is 5.63. The third kappa shape index (κ3) is 4.05. The van der Waals surface area contributed by atoms with Gasteiger partial charge in [-0.2, -0.15) is 0 Å². The van der Waals surface area contributed by atoms with Crippen LogP contribution in [-0.2, 0) is 11.2 Å². The van der Waals surface area contributed by atoms with Crippen molar-refractivity contribution in [1.29, 1.82) is 0 Å². The van der Waals surface area contributed by atoms with E-state index in [-0.39, 0.29) is 24.6 Å². The molecule has 0 bridgehead atoms. The molecule has 0 aromatic heterocycles. The molecule has 0 saturated carbocycles. The molecule has 3 N–H and O–H groups in total. The number of aliphatic hydroxyl groups is 1. The number of hydrogen-bond donors (Lipinski definition) is 3.